The first kappa shape index (κ1) is 21.0. The molecule has 1 saturated heterocycles. The van der Waals surface area contributed by atoms with Gasteiger partial charge in [-0.2, -0.15) is 5.10 Å². The molecule has 10 nitrogen and oxygen atoms in total. The minimum Gasteiger partial charge on any atom is -0.368 e. The van der Waals surface area contributed by atoms with Gasteiger partial charge in [-0.25, -0.2) is 9.97 Å². The number of hydrogen-bond donors (Lipinski definition) is 3. The highest BCUT2D eigenvalue weighted by Crippen LogP contribution is 2.33. The fourth-order valence-corrected chi connectivity index (χ4v) is 4.86. The van der Waals surface area contributed by atoms with Crippen LogP contribution in [0.3, 0.4) is 0 Å². The smallest absolute Gasteiger partial charge is 0.227 e. The zero-order chi connectivity index (χ0) is 24.1. The van der Waals surface area contributed by atoms with Gasteiger partial charge in [-0.3, -0.25) is 19.9 Å². The molecule has 3 N–H and O–H groups in total. The van der Waals surface area contributed by atoms with Crippen LogP contribution in [0.2, 0.25) is 0 Å². The molecule has 5 aromatic heterocycles. The molecule has 0 bridgehead atoms. The Hall–Kier alpha value is -4.34. The number of nitrogens with one attached hydrogen (secondary N) is 3. The molecule has 6 heterocycles. The summed E-state index contributed by atoms with van der Waals surface area (Å²) in [4.78, 5) is 36.5. The molecule has 1 amide bonds. The molecule has 1 aliphatic carbocycles. The summed E-state index contributed by atoms with van der Waals surface area (Å²) in [5.41, 5.74) is 7.25. The van der Waals surface area contributed by atoms with E-state index in [4.69, 9.17) is 9.97 Å². The number of imidazole rings is 1. The fraction of sp³-hybridized carbons (Fsp3) is 0.308. The molecule has 0 unspecified atom stereocenters. The number of rotatable bonds is 5. The number of carbonyl (C=O) groups is 1. The van der Waals surface area contributed by atoms with Crippen LogP contribution < -0.4 is 10.2 Å². The average Bonchev–Trinajstić information content (AvgIpc) is 3.55. The summed E-state index contributed by atoms with van der Waals surface area (Å²) >= 11 is 0. The van der Waals surface area contributed by atoms with Crippen molar-refractivity contribution in [3.63, 3.8) is 0 Å². The summed E-state index contributed by atoms with van der Waals surface area (Å²) in [5.74, 6) is 0.833. The van der Waals surface area contributed by atoms with Crippen LogP contribution >= 0.6 is 0 Å². The van der Waals surface area contributed by atoms with E-state index < -0.39 is 0 Å². The van der Waals surface area contributed by atoms with Crippen LogP contribution in [0, 0.1) is 5.92 Å². The number of pyridine rings is 3. The molecule has 180 valence electrons. The predicted octanol–water partition coefficient (Wildman–Crippen LogP) is 4.30. The van der Waals surface area contributed by atoms with Gasteiger partial charge in [-0.15, -0.1) is 0 Å². The van der Waals surface area contributed by atoms with E-state index in [0.29, 0.717) is 22.7 Å². The van der Waals surface area contributed by atoms with Gasteiger partial charge >= 0.3 is 0 Å². The summed E-state index contributed by atoms with van der Waals surface area (Å²) in [7, 11) is 0. The second-order valence-corrected chi connectivity index (χ2v) is 9.58. The quantitative estimate of drug-likeness (QED) is 0.343. The van der Waals surface area contributed by atoms with Crippen LogP contribution in [0.5, 0.6) is 0 Å². The molecule has 0 radical (unpaired) electrons. The van der Waals surface area contributed by atoms with Gasteiger partial charge in [0, 0.05) is 30.8 Å². The van der Waals surface area contributed by atoms with Gasteiger partial charge in [0.15, 0.2) is 11.5 Å². The Bertz CT molecular complexity index is 1590. The second kappa shape index (κ2) is 8.40. The number of piperidine rings is 1. The fourth-order valence-electron chi connectivity index (χ4n) is 4.86. The van der Waals surface area contributed by atoms with Gasteiger partial charge in [-0.1, -0.05) is 0 Å². The minimum absolute atomic E-state index is 0.0535. The van der Waals surface area contributed by atoms with E-state index in [1.54, 1.807) is 18.6 Å². The van der Waals surface area contributed by atoms with E-state index in [1.165, 1.54) is 19.3 Å². The van der Waals surface area contributed by atoms with Gasteiger partial charge in [0.1, 0.15) is 11.0 Å². The Morgan fingerprint density at radius 2 is 1.81 bits per heavy atom. The van der Waals surface area contributed by atoms with Crippen LogP contribution in [0.25, 0.3) is 44.8 Å². The third-order valence-corrected chi connectivity index (χ3v) is 6.95. The zero-order valence-electron chi connectivity index (χ0n) is 19.7. The maximum atomic E-state index is 12.2. The number of fused-ring (bicyclic) bond motifs is 2. The van der Waals surface area contributed by atoms with Crippen molar-refractivity contribution >= 4 is 39.3 Å². The standard InChI is InChI=1S/C26H25N9O/c36-26(15-4-5-15)29-17-10-16(11-27-12-17)18-6-7-19-23(30-18)24(34-33-19)25-31-20-13-28-14-21(22(20)32-25)35-8-2-1-3-9-35/h6-7,10-15H,1-5,8-9H2,(H,29,36)(H,31,32)(H,33,34). The monoisotopic (exact) mass is 479 g/mol. The second-order valence-electron chi connectivity index (χ2n) is 9.58. The van der Waals surface area contributed by atoms with Gasteiger partial charge in [0.05, 0.1) is 46.7 Å². The summed E-state index contributed by atoms with van der Waals surface area (Å²) in [6, 6.07) is 5.77. The van der Waals surface area contributed by atoms with E-state index >= 15 is 0 Å². The lowest BCUT2D eigenvalue weighted by atomic mass is 10.1. The van der Waals surface area contributed by atoms with E-state index in [1.807, 2.05) is 24.4 Å². The first-order valence-corrected chi connectivity index (χ1v) is 12.4. The number of aromatic amines is 2. The van der Waals surface area contributed by atoms with Crippen LogP contribution in [0.4, 0.5) is 11.4 Å². The molecular formula is C26H25N9O. The maximum Gasteiger partial charge on any atom is 0.227 e. The summed E-state index contributed by atoms with van der Waals surface area (Å²) in [5, 5.41) is 10.6. The molecule has 0 aromatic carbocycles. The van der Waals surface area contributed by atoms with Crippen molar-refractivity contribution in [2.24, 2.45) is 5.92 Å². The maximum absolute atomic E-state index is 12.2. The average molecular weight is 480 g/mol. The van der Waals surface area contributed by atoms with Crippen molar-refractivity contribution in [1.29, 1.82) is 0 Å². The van der Waals surface area contributed by atoms with E-state index in [9.17, 15) is 4.79 Å². The van der Waals surface area contributed by atoms with Gasteiger partial charge in [-0.05, 0) is 50.3 Å². The first-order chi connectivity index (χ1) is 17.7. The van der Waals surface area contributed by atoms with Crippen LogP contribution in [-0.2, 0) is 4.79 Å². The third-order valence-electron chi connectivity index (χ3n) is 6.95. The molecule has 2 fully saturated rings. The molecular weight excluding hydrogens is 454 g/mol. The van der Waals surface area contributed by atoms with Crippen molar-refractivity contribution in [2.45, 2.75) is 32.1 Å². The number of H-pyrrole nitrogens is 2. The van der Waals surface area contributed by atoms with Crippen molar-refractivity contribution in [2.75, 3.05) is 23.3 Å². The molecule has 1 aliphatic heterocycles. The third kappa shape index (κ3) is 3.74. The molecule has 10 heteroatoms. The lowest BCUT2D eigenvalue weighted by Gasteiger charge is -2.28. The topological polar surface area (TPSA) is 128 Å². The molecule has 0 spiro atoms. The van der Waals surface area contributed by atoms with Gasteiger partial charge < -0.3 is 15.2 Å². The van der Waals surface area contributed by atoms with Crippen molar-refractivity contribution in [3.8, 4) is 22.8 Å². The summed E-state index contributed by atoms with van der Waals surface area (Å²) in [6.45, 7) is 2.04. The van der Waals surface area contributed by atoms with Gasteiger partial charge in [0.2, 0.25) is 5.91 Å². The van der Waals surface area contributed by atoms with Crippen LogP contribution in [-0.4, -0.2) is 54.1 Å². The number of anilines is 2. The summed E-state index contributed by atoms with van der Waals surface area (Å²) in [6.07, 6.45) is 12.7. The molecule has 1 saturated carbocycles. The van der Waals surface area contributed by atoms with Gasteiger partial charge in [0.25, 0.3) is 0 Å². The Labute approximate surface area is 206 Å². The summed E-state index contributed by atoms with van der Waals surface area (Å²) < 4.78 is 0. The lowest BCUT2D eigenvalue weighted by Crippen LogP contribution is -2.29. The molecule has 2 aliphatic rings. The number of amides is 1. The Morgan fingerprint density at radius 1 is 0.944 bits per heavy atom. The van der Waals surface area contributed by atoms with Crippen molar-refractivity contribution < 1.29 is 4.79 Å². The largest absolute Gasteiger partial charge is 0.368 e. The highest BCUT2D eigenvalue weighted by Gasteiger charge is 2.29. The molecule has 7 rings (SSSR count). The van der Waals surface area contributed by atoms with E-state index in [2.05, 4.69) is 35.4 Å². The Kier molecular flexibility index (Phi) is 4.90. The van der Waals surface area contributed by atoms with E-state index in [-0.39, 0.29) is 11.8 Å². The number of carbonyl (C=O) groups excluding carboxylic acids is 1. The Morgan fingerprint density at radius 3 is 2.67 bits per heavy atom. The first-order valence-electron chi connectivity index (χ1n) is 12.4. The predicted molar refractivity (Wildman–Crippen MR) is 137 cm³/mol. The molecule has 36 heavy (non-hydrogen) atoms. The van der Waals surface area contributed by atoms with Crippen molar-refractivity contribution in [1.82, 2.24) is 35.1 Å². The lowest BCUT2D eigenvalue weighted by molar-refractivity contribution is -0.117. The molecule has 5 aromatic rings. The zero-order valence-corrected chi connectivity index (χ0v) is 19.7. The number of nitrogens with zero attached hydrogens (tertiary/aromatic N) is 6. The normalized spacial score (nSPS) is 16.1. The minimum atomic E-state index is 0.0535. The highest BCUT2D eigenvalue weighted by molar-refractivity contribution is 5.96. The SMILES string of the molecule is O=C(Nc1cncc(-c2ccc3[nH]nc(-c4nc5c(N6CCCCC6)cncc5[nH]4)c3n2)c1)C1CC1. The number of hydrogen-bond acceptors (Lipinski definition) is 7. The van der Waals surface area contributed by atoms with Crippen LogP contribution in [0.15, 0.2) is 43.0 Å². The highest BCUT2D eigenvalue weighted by atomic mass is 16.2. The Balaban J connectivity index is 1.25. The van der Waals surface area contributed by atoms with Crippen LogP contribution in [0.1, 0.15) is 32.1 Å². The molecule has 0 atom stereocenters. The van der Waals surface area contributed by atoms with Crippen molar-refractivity contribution in [3.05, 3.63) is 43.0 Å². The van der Waals surface area contributed by atoms with E-state index in [0.717, 1.165) is 59.4 Å². The number of aromatic nitrogens is 7.